The van der Waals surface area contributed by atoms with Crippen LogP contribution in [0.15, 0.2) is 36.9 Å². The van der Waals surface area contributed by atoms with Gasteiger partial charge >= 0.3 is 0 Å². The third-order valence-electron chi connectivity index (χ3n) is 4.38. The molecular formula is C17H24N4O. The minimum absolute atomic E-state index is 0.270. The number of nitrogens with zero attached hydrogens (tertiary/aromatic N) is 3. The minimum Gasteiger partial charge on any atom is -0.381 e. The summed E-state index contributed by atoms with van der Waals surface area (Å²) >= 11 is 0. The quantitative estimate of drug-likeness (QED) is 0.891. The smallest absolute Gasteiger partial charge is 0.126 e. The zero-order chi connectivity index (χ0) is 15.2. The van der Waals surface area contributed by atoms with Gasteiger partial charge < -0.3 is 14.6 Å². The maximum Gasteiger partial charge on any atom is 0.126 e. The normalized spacial score (nSPS) is 17.5. The number of rotatable bonds is 6. The van der Waals surface area contributed by atoms with E-state index in [1.807, 2.05) is 18.6 Å². The molecule has 0 amide bonds. The number of aryl methyl sites for hydroxylation is 1. The summed E-state index contributed by atoms with van der Waals surface area (Å²) in [7, 11) is 0. The van der Waals surface area contributed by atoms with Gasteiger partial charge in [0.25, 0.3) is 0 Å². The van der Waals surface area contributed by atoms with Gasteiger partial charge in [0.05, 0.1) is 6.04 Å². The first kappa shape index (κ1) is 15.2. The molecule has 5 heteroatoms. The molecule has 1 N–H and O–H groups in total. The molecule has 1 aliphatic rings. The molecule has 1 unspecified atom stereocenters. The summed E-state index contributed by atoms with van der Waals surface area (Å²) in [5, 5.41) is 3.72. The van der Waals surface area contributed by atoms with E-state index in [0.717, 1.165) is 45.0 Å². The summed E-state index contributed by atoms with van der Waals surface area (Å²) in [5.74, 6) is 1.71. The van der Waals surface area contributed by atoms with Gasteiger partial charge in [-0.1, -0.05) is 0 Å². The number of aromatic nitrogens is 3. The Morgan fingerprint density at radius 2 is 2.05 bits per heavy atom. The lowest BCUT2D eigenvalue weighted by Crippen LogP contribution is -2.33. The van der Waals surface area contributed by atoms with Crippen LogP contribution in [0.1, 0.15) is 37.2 Å². The molecule has 0 saturated carbocycles. The Labute approximate surface area is 131 Å². The van der Waals surface area contributed by atoms with Gasteiger partial charge in [-0.3, -0.25) is 4.98 Å². The summed E-state index contributed by atoms with van der Waals surface area (Å²) in [6.45, 7) is 5.65. The van der Waals surface area contributed by atoms with Crippen molar-refractivity contribution in [3.63, 3.8) is 0 Å². The lowest BCUT2D eigenvalue weighted by atomic mass is 9.91. The molecule has 22 heavy (non-hydrogen) atoms. The molecule has 0 aliphatic carbocycles. The summed E-state index contributed by atoms with van der Waals surface area (Å²) in [5.41, 5.74) is 1.25. The van der Waals surface area contributed by atoms with Gasteiger partial charge in [-0.25, -0.2) is 4.98 Å². The Morgan fingerprint density at radius 3 is 2.77 bits per heavy atom. The average molecular weight is 300 g/mol. The van der Waals surface area contributed by atoms with Gasteiger partial charge in [0.15, 0.2) is 0 Å². The van der Waals surface area contributed by atoms with E-state index in [-0.39, 0.29) is 6.04 Å². The molecule has 3 heterocycles. The van der Waals surface area contributed by atoms with E-state index >= 15 is 0 Å². The van der Waals surface area contributed by atoms with Gasteiger partial charge in [-0.05, 0) is 43.4 Å². The van der Waals surface area contributed by atoms with Crippen molar-refractivity contribution in [1.82, 2.24) is 19.9 Å². The fourth-order valence-corrected chi connectivity index (χ4v) is 3.11. The maximum absolute atomic E-state index is 5.52. The van der Waals surface area contributed by atoms with E-state index in [9.17, 15) is 0 Å². The molecule has 1 saturated heterocycles. The summed E-state index contributed by atoms with van der Waals surface area (Å²) < 4.78 is 7.76. The van der Waals surface area contributed by atoms with Crippen molar-refractivity contribution in [2.75, 3.05) is 13.2 Å². The van der Waals surface area contributed by atoms with Crippen molar-refractivity contribution in [2.45, 2.75) is 38.9 Å². The second-order valence-electron chi connectivity index (χ2n) is 5.74. The van der Waals surface area contributed by atoms with Crippen molar-refractivity contribution in [2.24, 2.45) is 5.92 Å². The van der Waals surface area contributed by atoms with Crippen molar-refractivity contribution in [1.29, 1.82) is 0 Å². The first-order valence-corrected chi connectivity index (χ1v) is 8.09. The van der Waals surface area contributed by atoms with Crippen LogP contribution in [0.25, 0.3) is 0 Å². The lowest BCUT2D eigenvalue weighted by molar-refractivity contribution is 0.0517. The highest BCUT2D eigenvalue weighted by Gasteiger charge is 2.28. The van der Waals surface area contributed by atoms with Gasteiger partial charge in [-0.2, -0.15) is 0 Å². The van der Waals surface area contributed by atoms with Crippen LogP contribution in [0.5, 0.6) is 0 Å². The number of nitrogens with one attached hydrogen (secondary N) is 1. The number of hydrogen-bond acceptors (Lipinski definition) is 4. The number of imidazole rings is 1. The van der Waals surface area contributed by atoms with E-state index in [1.54, 1.807) is 0 Å². The number of ether oxygens (including phenoxy) is 1. The molecule has 2 aromatic heterocycles. The van der Waals surface area contributed by atoms with Gasteiger partial charge in [0, 0.05) is 51.1 Å². The van der Waals surface area contributed by atoms with Crippen LogP contribution in [-0.2, 0) is 17.8 Å². The zero-order valence-electron chi connectivity index (χ0n) is 13.1. The summed E-state index contributed by atoms with van der Waals surface area (Å²) in [6.07, 6.45) is 9.82. The standard InChI is InChI=1S/C17H24N4O/c1-2-21-10-9-19-17(21)16(15-5-11-22-12-6-15)20-13-14-3-7-18-8-4-14/h3-4,7-10,15-16,20H,2,5-6,11-13H2,1H3. The highest BCUT2D eigenvalue weighted by atomic mass is 16.5. The molecule has 0 aromatic carbocycles. The Morgan fingerprint density at radius 1 is 1.27 bits per heavy atom. The Bertz CT molecular complexity index is 563. The van der Waals surface area contributed by atoms with E-state index in [0.29, 0.717) is 5.92 Å². The predicted octanol–water partition coefficient (Wildman–Crippen LogP) is 2.56. The summed E-state index contributed by atoms with van der Waals surface area (Å²) in [6, 6.07) is 4.38. The van der Waals surface area contributed by atoms with E-state index < -0.39 is 0 Å². The molecule has 3 rings (SSSR count). The van der Waals surface area contributed by atoms with Gasteiger partial charge in [0.1, 0.15) is 5.82 Å². The third kappa shape index (κ3) is 3.54. The molecule has 1 fully saturated rings. The second-order valence-corrected chi connectivity index (χ2v) is 5.74. The SMILES string of the molecule is CCn1ccnc1C(NCc1ccncc1)C1CCOCC1. The largest absolute Gasteiger partial charge is 0.381 e. The summed E-state index contributed by atoms with van der Waals surface area (Å²) in [4.78, 5) is 8.70. The van der Waals surface area contributed by atoms with E-state index in [1.165, 1.54) is 5.56 Å². The zero-order valence-corrected chi connectivity index (χ0v) is 13.1. The molecule has 2 aromatic rings. The molecule has 0 radical (unpaired) electrons. The molecule has 0 spiro atoms. The first-order valence-electron chi connectivity index (χ1n) is 8.09. The average Bonchev–Trinajstić information content (AvgIpc) is 3.05. The highest BCUT2D eigenvalue weighted by molar-refractivity contribution is 5.10. The topological polar surface area (TPSA) is 52.0 Å². The van der Waals surface area contributed by atoms with E-state index in [2.05, 4.69) is 45.1 Å². The lowest BCUT2D eigenvalue weighted by Gasteiger charge is -2.31. The monoisotopic (exact) mass is 300 g/mol. The molecular weight excluding hydrogens is 276 g/mol. The van der Waals surface area contributed by atoms with E-state index in [4.69, 9.17) is 4.74 Å². The van der Waals surface area contributed by atoms with Crippen molar-refractivity contribution in [3.8, 4) is 0 Å². The van der Waals surface area contributed by atoms with Crippen LogP contribution >= 0.6 is 0 Å². The molecule has 0 bridgehead atoms. The fourth-order valence-electron chi connectivity index (χ4n) is 3.11. The Balaban J connectivity index is 1.76. The molecule has 1 aliphatic heterocycles. The Kier molecular flexibility index (Phi) is 5.19. The van der Waals surface area contributed by atoms with Crippen LogP contribution in [0, 0.1) is 5.92 Å². The van der Waals surface area contributed by atoms with Crippen LogP contribution in [0.4, 0.5) is 0 Å². The van der Waals surface area contributed by atoms with Crippen LogP contribution in [-0.4, -0.2) is 27.7 Å². The van der Waals surface area contributed by atoms with Crippen LogP contribution in [0.3, 0.4) is 0 Å². The highest BCUT2D eigenvalue weighted by Crippen LogP contribution is 2.29. The van der Waals surface area contributed by atoms with Crippen molar-refractivity contribution < 1.29 is 4.74 Å². The predicted molar refractivity (Wildman–Crippen MR) is 85.3 cm³/mol. The number of pyridine rings is 1. The minimum atomic E-state index is 0.270. The number of hydrogen-bond donors (Lipinski definition) is 1. The van der Waals surface area contributed by atoms with Gasteiger partial charge in [-0.15, -0.1) is 0 Å². The van der Waals surface area contributed by atoms with Gasteiger partial charge in [0.2, 0.25) is 0 Å². The van der Waals surface area contributed by atoms with Crippen LogP contribution < -0.4 is 5.32 Å². The molecule has 1 atom stereocenters. The maximum atomic E-state index is 5.52. The fraction of sp³-hybridized carbons (Fsp3) is 0.529. The van der Waals surface area contributed by atoms with Crippen molar-refractivity contribution in [3.05, 3.63) is 48.3 Å². The third-order valence-corrected chi connectivity index (χ3v) is 4.38. The van der Waals surface area contributed by atoms with Crippen molar-refractivity contribution >= 4 is 0 Å². The van der Waals surface area contributed by atoms with Crippen LogP contribution in [0.2, 0.25) is 0 Å². The first-order chi connectivity index (χ1) is 10.9. The molecule has 5 nitrogen and oxygen atoms in total. The molecule has 118 valence electrons. The second kappa shape index (κ2) is 7.51. The Hall–Kier alpha value is -1.72.